The molecular formula is C17H23BO5S. The van der Waals surface area contributed by atoms with E-state index in [1.54, 1.807) is 18.2 Å². The molecule has 2 rings (SSSR count). The molecule has 1 aromatic rings. The molecular weight excluding hydrogens is 327 g/mol. The third-order valence-corrected chi connectivity index (χ3v) is 5.00. The molecule has 0 unspecified atom stereocenters. The van der Waals surface area contributed by atoms with E-state index >= 15 is 0 Å². The van der Waals surface area contributed by atoms with Gasteiger partial charge in [0.1, 0.15) is 0 Å². The average Bonchev–Trinajstić information content (AvgIpc) is 2.73. The van der Waals surface area contributed by atoms with Crippen LogP contribution in [0.1, 0.15) is 43.6 Å². The summed E-state index contributed by atoms with van der Waals surface area (Å²) < 4.78 is 17.1. The van der Waals surface area contributed by atoms with Crippen molar-refractivity contribution in [1.82, 2.24) is 0 Å². The van der Waals surface area contributed by atoms with Crippen LogP contribution in [0, 0.1) is 0 Å². The normalized spacial score (nSPS) is 19.4. The Labute approximate surface area is 148 Å². The van der Waals surface area contributed by atoms with Crippen LogP contribution in [0.15, 0.2) is 17.6 Å². The second kappa shape index (κ2) is 6.82. The van der Waals surface area contributed by atoms with Crippen molar-refractivity contribution in [1.29, 1.82) is 0 Å². The topological polar surface area (TPSA) is 65.0 Å². The maximum Gasteiger partial charge on any atom is 0.491 e. The molecule has 1 aromatic carbocycles. The Kier molecular flexibility index (Phi) is 5.37. The molecule has 130 valence electrons. The maximum absolute atomic E-state index is 11.4. The average molecular weight is 350 g/mol. The van der Waals surface area contributed by atoms with Gasteiger partial charge in [0, 0.05) is 5.75 Å². The molecule has 0 spiro atoms. The molecule has 1 fully saturated rings. The summed E-state index contributed by atoms with van der Waals surface area (Å²) in [6.45, 7) is 7.89. The van der Waals surface area contributed by atoms with Gasteiger partial charge in [0.2, 0.25) is 0 Å². The van der Waals surface area contributed by atoms with Crippen LogP contribution >= 0.6 is 12.6 Å². The Morgan fingerprint density at radius 2 is 1.88 bits per heavy atom. The van der Waals surface area contributed by atoms with Crippen molar-refractivity contribution in [2.75, 3.05) is 12.9 Å². The lowest BCUT2D eigenvalue weighted by Gasteiger charge is -2.32. The van der Waals surface area contributed by atoms with Crippen LogP contribution in [0.3, 0.4) is 0 Å². The number of aldehydes is 1. The highest BCUT2D eigenvalue weighted by molar-refractivity contribution is 7.80. The second-order valence-electron chi connectivity index (χ2n) is 6.70. The fraction of sp³-hybridized carbons (Fsp3) is 0.471. The number of thiol groups is 1. The zero-order chi connectivity index (χ0) is 18.1. The number of methoxy groups -OCH3 is 1. The minimum absolute atomic E-state index is 0.158. The number of ether oxygens (including phenoxy) is 1. The SMILES string of the molecule is COc1ccc(C=C(CS)B2OC(C)(C)C(C)(C)O2)c(C=O)c1O. The summed E-state index contributed by atoms with van der Waals surface area (Å²) in [4.78, 5) is 11.4. The number of phenolic OH excluding ortho intramolecular Hbond substituents is 1. The van der Waals surface area contributed by atoms with Crippen molar-refractivity contribution in [2.24, 2.45) is 0 Å². The summed E-state index contributed by atoms with van der Waals surface area (Å²) in [5.41, 5.74) is 0.557. The molecule has 1 heterocycles. The zero-order valence-corrected chi connectivity index (χ0v) is 15.5. The Balaban J connectivity index is 2.42. The predicted molar refractivity (Wildman–Crippen MR) is 98.0 cm³/mol. The van der Waals surface area contributed by atoms with E-state index in [9.17, 15) is 9.90 Å². The first-order chi connectivity index (χ1) is 11.2. The molecule has 1 aliphatic heterocycles. The first-order valence-corrected chi connectivity index (χ1v) is 8.32. The van der Waals surface area contributed by atoms with Crippen LogP contribution in [0.4, 0.5) is 0 Å². The van der Waals surface area contributed by atoms with Crippen LogP contribution in [0.2, 0.25) is 0 Å². The smallest absolute Gasteiger partial charge is 0.491 e. The van der Waals surface area contributed by atoms with Gasteiger partial charge in [0.15, 0.2) is 17.8 Å². The molecule has 0 saturated carbocycles. The zero-order valence-electron chi connectivity index (χ0n) is 14.6. The highest BCUT2D eigenvalue weighted by atomic mass is 32.1. The van der Waals surface area contributed by atoms with Gasteiger partial charge < -0.3 is 19.2 Å². The second-order valence-corrected chi connectivity index (χ2v) is 7.02. The van der Waals surface area contributed by atoms with Crippen LogP contribution < -0.4 is 4.74 Å². The van der Waals surface area contributed by atoms with Gasteiger partial charge >= 0.3 is 7.12 Å². The molecule has 7 heteroatoms. The molecule has 1 N–H and O–H groups in total. The summed E-state index contributed by atoms with van der Waals surface area (Å²) in [6.07, 6.45) is 2.36. The maximum atomic E-state index is 11.4. The number of hydrogen-bond acceptors (Lipinski definition) is 6. The van der Waals surface area contributed by atoms with Gasteiger partial charge in [-0.3, -0.25) is 4.79 Å². The molecule has 24 heavy (non-hydrogen) atoms. The fourth-order valence-electron chi connectivity index (χ4n) is 2.40. The molecule has 0 aromatic heterocycles. The number of carbonyl (C=O) groups is 1. The van der Waals surface area contributed by atoms with Crippen LogP contribution in [-0.4, -0.2) is 42.6 Å². The van der Waals surface area contributed by atoms with Crippen LogP contribution in [-0.2, 0) is 9.31 Å². The number of hydrogen-bond donors (Lipinski definition) is 2. The summed E-state index contributed by atoms with van der Waals surface area (Å²) in [6, 6.07) is 3.31. The Morgan fingerprint density at radius 3 is 2.33 bits per heavy atom. The summed E-state index contributed by atoms with van der Waals surface area (Å²) in [5.74, 6) is 0.452. The van der Waals surface area contributed by atoms with Crippen molar-refractivity contribution in [3.05, 3.63) is 28.7 Å². The number of benzene rings is 1. The van der Waals surface area contributed by atoms with E-state index in [-0.39, 0.29) is 17.1 Å². The summed E-state index contributed by atoms with van der Waals surface area (Å²) in [5, 5.41) is 10.1. The molecule has 0 aliphatic carbocycles. The van der Waals surface area contributed by atoms with E-state index in [4.69, 9.17) is 14.0 Å². The molecule has 0 amide bonds. The highest BCUT2D eigenvalue weighted by Gasteiger charge is 2.52. The van der Waals surface area contributed by atoms with Gasteiger partial charge in [-0.15, -0.1) is 0 Å². The van der Waals surface area contributed by atoms with Gasteiger partial charge in [0.25, 0.3) is 0 Å². The van der Waals surface area contributed by atoms with Gasteiger partial charge in [-0.1, -0.05) is 12.1 Å². The standard InChI is InChI=1S/C17H23BO5S/c1-16(2)17(3,4)23-18(22-16)12(10-24)8-11-6-7-14(21-5)15(20)13(11)9-19/h6-9,20,24H,10H2,1-5H3. The molecule has 0 atom stereocenters. The van der Waals surface area contributed by atoms with Crippen molar-refractivity contribution >= 4 is 32.1 Å². The monoisotopic (exact) mass is 350 g/mol. The van der Waals surface area contributed by atoms with Crippen molar-refractivity contribution in [2.45, 2.75) is 38.9 Å². The largest absolute Gasteiger partial charge is 0.504 e. The molecule has 0 radical (unpaired) electrons. The van der Waals surface area contributed by atoms with E-state index in [0.29, 0.717) is 17.6 Å². The first-order valence-electron chi connectivity index (χ1n) is 7.69. The third kappa shape index (κ3) is 3.34. The van der Waals surface area contributed by atoms with E-state index in [1.807, 2.05) is 27.7 Å². The van der Waals surface area contributed by atoms with Gasteiger partial charge in [-0.2, -0.15) is 12.6 Å². The Morgan fingerprint density at radius 1 is 1.29 bits per heavy atom. The van der Waals surface area contributed by atoms with E-state index < -0.39 is 18.3 Å². The van der Waals surface area contributed by atoms with Crippen molar-refractivity contribution in [3.8, 4) is 11.5 Å². The quantitative estimate of drug-likeness (QED) is 0.485. The van der Waals surface area contributed by atoms with Gasteiger partial charge in [-0.05, 0) is 44.8 Å². The minimum atomic E-state index is -0.559. The van der Waals surface area contributed by atoms with Gasteiger partial charge in [0.05, 0.1) is 23.9 Å². The third-order valence-electron chi connectivity index (χ3n) is 4.63. The van der Waals surface area contributed by atoms with Gasteiger partial charge in [-0.25, -0.2) is 0 Å². The van der Waals surface area contributed by atoms with Crippen molar-refractivity contribution < 1.29 is 23.9 Å². The first kappa shape index (κ1) is 18.9. The van der Waals surface area contributed by atoms with E-state index in [0.717, 1.165) is 5.47 Å². The Hall–Kier alpha value is -1.44. The molecule has 1 saturated heterocycles. The lowest BCUT2D eigenvalue weighted by Crippen LogP contribution is -2.41. The fourth-order valence-corrected chi connectivity index (χ4v) is 2.64. The molecule has 0 bridgehead atoms. The van der Waals surface area contributed by atoms with Crippen LogP contribution in [0.25, 0.3) is 6.08 Å². The minimum Gasteiger partial charge on any atom is -0.504 e. The summed E-state index contributed by atoms with van der Waals surface area (Å²) in [7, 11) is 0.874. The summed E-state index contributed by atoms with van der Waals surface area (Å²) >= 11 is 4.36. The molecule has 5 nitrogen and oxygen atoms in total. The number of rotatable bonds is 5. The number of carbonyl (C=O) groups excluding carboxylic acids is 1. The lowest BCUT2D eigenvalue weighted by molar-refractivity contribution is 0.00578. The Bertz CT molecular complexity index is 653. The number of phenols is 1. The van der Waals surface area contributed by atoms with Crippen LogP contribution in [0.5, 0.6) is 11.5 Å². The highest BCUT2D eigenvalue weighted by Crippen LogP contribution is 2.39. The lowest BCUT2D eigenvalue weighted by atomic mass is 9.78. The number of aromatic hydroxyl groups is 1. The predicted octanol–water partition coefficient (Wildman–Crippen LogP) is 3.16. The molecule has 1 aliphatic rings. The van der Waals surface area contributed by atoms with E-state index in [2.05, 4.69) is 12.6 Å². The van der Waals surface area contributed by atoms with E-state index in [1.165, 1.54) is 7.11 Å². The van der Waals surface area contributed by atoms with Crippen molar-refractivity contribution in [3.63, 3.8) is 0 Å².